The summed E-state index contributed by atoms with van der Waals surface area (Å²) in [5.74, 6) is 1.00. The minimum atomic E-state index is -0.381. The number of benzene rings is 1. The quantitative estimate of drug-likeness (QED) is 0.624. The summed E-state index contributed by atoms with van der Waals surface area (Å²) in [7, 11) is 0. The Morgan fingerprint density at radius 3 is 2.95 bits per heavy atom. The Labute approximate surface area is 119 Å². The van der Waals surface area contributed by atoms with Gasteiger partial charge in [-0.25, -0.2) is 4.98 Å². The summed E-state index contributed by atoms with van der Waals surface area (Å²) in [4.78, 5) is 14.8. The molecule has 0 radical (unpaired) electrons. The summed E-state index contributed by atoms with van der Waals surface area (Å²) in [6, 6.07) is 5.08. The standard InChI is InChI=1S/C13H14BrN3O2/c1-2-4-12-15-7-8-16(12)9-10-5-3-6-11(13(10)14)17(18)19/h3,5-8H,2,4,9H2,1H3. The highest BCUT2D eigenvalue weighted by Gasteiger charge is 2.15. The second-order valence-electron chi connectivity index (χ2n) is 4.23. The summed E-state index contributed by atoms with van der Waals surface area (Å²) >= 11 is 3.32. The number of aryl methyl sites for hydroxylation is 1. The summed E-state index contributed by atoms with van der Waals surface area (Å²) in [6.45, 7) is 2.68. The van der Waals surface area contributed by atoms with Crippen LogP contribution in [-0.4, -0.2) is 14.5 Å². The monoisotopic (exact) mass is 323 g/mol. The van der Waals surface area contributed by atoms with Crippen molar-refractivity contribution >= 4 is 21.6 Å². The largest absolute Gasteiger partial charge is 0.330 e. The summed E-state index contributed by atoms with van der Waals surface area (Å²) in [6.07, 6.45) is 5.58. The molecule has 0 N–H and O–H groups in total. The molecule has 6 heteroatoms. The molecule has 100 valence electrons. The molecule has 0 amide bonds. The van der Waals surface area contributed by atoms with E-state index in [-0.39, 0.29) is 10.6 Å². The maximum atomic E-state index is 10.9. The first-order valence-corrected chi connectivity index (χ1v) is 6.84. The Morgan fingerprint density at radius 2 is 2.26 bits per heavy atom. The van der Waals surface area contributed by atoms with Gasteiger partial charge >= 0.3 is 0 Å². The van der Waals surface area contributed by atoms with Crippen LogP contribution >= 0.6 is 15.9 Å². The third-order valence-electron chi connectivity index (χ3n) is 2.87. The van der Waals surface area contributed by atoms with Crippen molar-refractivity contribution in [2.24, 2.45) is 0 Å². The van der Waals surface area contributed by atoms with Gasteiger partial charge in [0.1, 0.15) is 10.3 Å². The van der Waals surface area contributed by atoms with E-state index in [0.717, 1.165) is 24.2 Å². The van der Waals surface area contributed by atoms with E-state index >= 15 is 0 Å². The number of hydrogen-bond donors (Lipinski definition) is 0. The highest BCUT2D eigenvalue weighted by molar-refractivity contribution is 9.10. The van der Waals surface area contributed by atoms with Crippen molar-refractivity contribution in [3.05, 3.63) is 56.6 Å². The highest BCUT2D eigenvalue weighted by Crippen LogP contribution is 2.28. The van der Waals surface area contributed by atoms with E-state index in [1.54, 1.807) is 12.3 Å². The maximum absolute atomic E-state index is 10.9. The topological polar surface area (TPSA) is 61.0 Å². The van der Waals surface area contributed by atoms with E-state index in [2.05, 4.69) is 27.8 Å². The van der Waals surface area contributed by atoms with Crippen LogP contribution in [0.25, 0.3) is 0 Å². The zero-order valence-electron chi connectivity index (χ0n) is 10.5. The number of nitrogens with zero attached hydrogens (tertiary/aromatic N) is 3. The summed E-state index contributed by atoms with van der Waals surface area (Å²) in [5.41, 5.74) is 0.971. The van der Waals surface area contributed by atoms with Crippen molar-refractivity contribution in [1.29, 1.82) is 0 Å². The lowest BCUT2D eigenvalue weighted by atomic mass is 10.2. The number of nitro benzene ring substituents is 1. The SMILES string of the molecule is CCCc1nccn1Cc1cccc([N+](=O)[O-])c1Br. The molecule has 19 heavy (non-hydrogen) atoms. The highest BCUT2D eigenvalue weighted by atomic mass is 79.9. The number of nitro groups is 1. The lowest BCUT2D eigenvalue weighted by molar-refractivity contribution is -0.385. The fourth-order valence-corrected chi connectivity index (χ4v) is 2.48. The third-order valence-corrected chi connectivity index (χ3v) is 3.79. The van der Waals surface area contributed by atoms with E-state index < -0.39 is 0 Å². The molecule has 1 aromatic heterocycles. The molecule has 0 saturated heterocycles. The molecular weight excluding hydrogens is 310 g/mol. The molecule has 0 aliphatic rings. The van der Waals surface area contributed by atoms with Crippen molar-refractivity contribution in [3.8, 4) is 0 Å². The molecule has 0 aliphatic heterocycles. The fraction of sp³-hybridized carbons (Fsp3) is 0.308. The molecule has 0 saturated carbocycles. The van der Waals surface area contributed by atoms with Crippen LogP contribution in [0, 0.1) is 10.1 Å². The smallest absolute Gasteiger partial charge is 0.283 e. The molecule has 0 aliphatic carbocycles. The Morgan fingerprint density at radius 1 is 1.47 bits per heavy atom. The van der Waals surface area contributed by atoms with E-state index in [4.69, 9.17) is 0 Å². The predicted molar refractivity (Wildman–Crippen MR) is 76.1 cm³/mol. The minimum absolute atomic E-state index is 0.0923. The molecular formula is C13H14BrN3O2. The number of halogens is 1. The molecule has 0 fully saturated rings. The Kier molecular flexibility index (Phi) is 4.31. The minimum Gasteiger partial charge on any atom is -0.330 e. The van der Waals surface area contributed by atoms with Crippen molar-refractivity contribution < 1.29 is 4.92 Å². The van der Waals surface area contributed by atoms with Crippen LogP contribution in [0.3, 0.4) is 0 Å². The van der Waals surface area contributed by atoms with Gasteiger partial charge in [0.25, 0.3) is 5.69 Å². The van der Waals surface area contributed by atoms with E-state index in [1.807, 2.05) is 16.8 Å². The molecule has 2 rings (SSSR count). The first-order chi connectivity index (χ1) is 9.13. The van der Waals surface area contributed by atoms with Crippen LogP contribution in [0.5, 0.6) is 0 Å². The average molecular weight is 324 g/mol. The van der Waals surface area contributed by atoms with Gasteiger partial charge in [0.15, 0.2) is 0 Å². The molecule has 1 aromatic carbocycles. The van der Waals surface area contributed by atoms with E-state index in [9.17, 15) is 10.1 Å². The maximum Gasteiger partial charge on any atom is 0.283 e. The normalized spacial score (nSPS) is 10.6. The van der Waals surface area contributed by atoms with Crippen LogP contribution in [0.4, 0.5) is 5.69 Å². The second kappa shape index (κ2) is 5.97. The molecule has 0 bridgehead atoms. The van der Waals surface area contributed by atoms with Crippen molar-refractivity contribution in [3.63, 3.8) is 0 Å². The number of imidazole rings is 1. The van der Waals surface area contributed by atoms with Crippen LogP contribution in [0.1, 0.15) is 24.7 Å². The Balaban J connectivity index is 2.31. The third kappa shape index (κ3) is 3.01. The van der Waals surface area contributed by atoms with Gasteiger partial charge in [0.05, 0.1) is 11.5 Å². The lowest BCUT2D eigenvalue weighted by Crippen LogP contribution is -2.05. The molecule has 0 unspecified atom stereocenters. The second-order valence-corrected chi connectivity index (χ2v) is 5.02. The zero-order valence-corrected chi connectivity index (χ0v) is 12.1. The van der Waals surface area contributed by atoms with E-state index in [1.165, 1.54) is 6.07 Å². The average Bonchev–Trinajstić information content (AvgIpc) is 2.79. The number of aromatic nitrogens is 2. The molecule has 0 atom stereocenters. The number of rotatable bonds is 5. The summed E-state index contributed by atoms with van der Waals surface area (Å²) < 4.78 is 2.56. The van der Waals surface area contributed by atoms with Gasteiger partial charge in [0, 0.05) is 24.9 Å². The molecule has 5 nitrogen and oxygen atoms in total. The van der Waals surface area contributed by atoms with Gasteiger partial charge in [-0.3, -0.25) is 10.1 Å². The van der Waals surface area contributed by atoms with Crippen LogP contribution in [0.15, 0.2) is 35.1 Å². The van der Waals surface area contributed by atoms with Crippen molar-refractivity contribution in [2.45, 2.75) is 26.3 Å². The van der Waals surface area contributed by atoms with Gasteiger partial charge in [-0.2, -0.15) is 0 Å². The zero-order chi connectivity index (χ0) is 13.8. The molecule has 1 heterocycles. The van der Waals surface area contributed by atoms with Gasteiger partial charge < -0.3 is 4.57 Å². The molecule has 0 spiro atoms. The summed E-state index contributed by atoms with van der Waals surface area (Å²) in [5, 5.41) is 10.9. The van der Waals surface area contributed by atoms with Gasteiger partial charge in [0.2, 0.25) is 0 Å². The lowest BCUT2D eigenvalue weighted by Gasteiger charge is -2.09. The van der Waals surface area contributed by atoms with Crippen molar-refractivity contribution in [1.82, 2.24) is 9.55 Å². The van der Waals surface area contributed by atoms with Crippen molar-refractivity contribution in [2.75, 3.05) is 0 Å². The van der Waals surface area contributed by atoms with Crippen LogP contribution in [-0.2, 0) is 13.0 Å². The fourth-order valence-electron chi connectivity index (χ4n) is 1.95. The first kappa shape index (κ1) is 13.7. The van der Waals surface area contributed by atoms with Crippen LogP contribution in [0.2, 0.25) is 0 Å². The van der Waals surface area contributed by atoms with Gasteiger partial charge in [-0.05, 0) is 27.9 Å². The first-order valence-electron chi connectivity index (χ1n) is 6.05. The predicted octanol–water partition coefficient (Wildman–Crippen LogP) is 3.55. The Hall–Kier alpha value is -1.69. The number of hydrogen-bond acceptors (Lipinski definition) is 3. The van der Waals surface area contributed by atoms with E-state index in [0.29, 0.717) is 11.0 Å². The van der Waals surface area contributed by atoms with Gasteiger partial charge in [-0.1, -0.05) is 19.1 Å². The van der Waals surface area contributed by atoms with Gasteiger partial charge in [-0.15, -0.1) is 0 Å². The molecule has 2 aromatic rings. The Bertz CT molecular complexity index is 595. The van der Waals surface area contributed by atoms with Crippen LogP contribution < -0.4 is 0 Å².